The molecule has 1 nitrogen and oxygen atoms in total. The molecule has 1 aromatic rings. The van der Waals surface area contributed by atoms with Crippen LogP contribution in [0, 0.1) is 5.92 Å². The van der Waals surface area contributed by atoms with Gasteiger partial charge in [-0.25, -0.2) is 0 Å². The molecule has 1 fully saturated rings. The second-order valence-electron chi connectivity index (χ2n) is 4.40. The minimum atomic E-state index is -0.129. The summed E-state index contributed by atoms with van der Waals surface area (Å²) in [5, 5.41) is 12.2. The average molecular weight is 289 g/mol. The molecule has 1 heterocycles. The van der Waals surface area contributed by atoms with Gasteiger partial charge in [0.15, 0.2) is 0 Å². The minimum absolute atomic E-state index is 0.129. The van der Waals surface area contributed by atoms with Crippen molar-refractivity contribution >= 4 is 27.3 Å². The number of hydrogen-bond acceptors (Lipinski definition) is 2. The Labute approximate surface area is 104 Å². The van der Waals surface area contributed by atoms with E-state index in [1.165, 1.54) is 37.0 Å². The Morgan fingerprint density at radius 3 is 2.73 bits per heavy atom. The zero-order chi connectivity index (χ0) is 10.7. The van der Waals surface area contributed by atoms with Crippen LogP contribution in [0.2, 0.25) is 0 Å². The summed E-state index contributed by atoms with van der Waals surface area (Å²) in [5.41, 5.74) is 0. The molecule has 0 saturated heterocycles. The number of thiophene rings is 1. The Balaban J connectivity index is 1.88. The summed E-state index contributed by atoms with van der Waals surface area (Å²) in [4.78, 5) is 1.29. The molecule has 0 bridgehead atoms. The molecule has 1 N–H and O–H groups in total. The summed E-state index contributed by atoms with van der Waals surface area (Å²) in [6.45, 7) is 0. The van der Waals surface area contributed by atoms with Crippen LogP contribution in [0.15, 0.2) is 15.9 Å². The second-order valence-corrected chi connectivity index (χ2v) is 6.31. The smallest absolute Gasteiger partial charge is 0.0616 e. The molecule has 1 aliphatic carbocycles. The number of hydrogen-bond donors (Lipinski definition) is 1. The summed E-state index contributed by atoms with van der Waals surface area (Å²) in [6.07, 6.45) is 7.10. The molecular weight excluding hydrogens is 272 g/mol. The van der Waals surface area contributed by atoms with Gasteiger partial charge in [0.1, 0.15) is 0 Å². The fourth-order valence-electron chi connectivity index (χ4n) is 2.35. The third-order valence-corrected chi connectivity index (χ3v) is 4.95. The Morgan fingerprint density at radius 1 is 1.40 bits per heavy atom. The van der Waals surface area contributed by atoms with E-state index < -0.39 is 0 Å². The van der Waals surface area contributed by atoms with Crippen LogP contribution in [0.3, 0.4) is 0 Å². The normalized spacial score (nSPS) is 20.4. The average Bonchev–Trinajstić information content (AvgIpc) is 2.65. The maximum Gasteiger partial charge on any atom is 0.0616 e. The predicted molar refractivity (Wildman–Crippen MR) is 68.3 cm³/mol. The van der Waals surface area contributed by atoms with Crippen molar-refractivity contribution < 1.29 is 5.11 Å². The van der Waals surface area contributed by atoms with Gasteiger partial charge in [0.2, 0.25) is 0 Å². The van der Waals surface area contributed by atoms with E-state index in [2.05, 4.69) is 27.4 Å². The summed E-state index contributed by atoms with van der Waals surface area (Å²) < 4.78 is 1.14. The van der Waals surface area contributed by atoms with Crippen LogP contribution in [0.25, 0.3) is 0 Å². The van der Waals surface area contributed by atoms with Crippen LogP contribution in [-0.4, -0.2) is 11.2 Å². The van der Waals surface area contributed by atoms with Gasteiger partial charge in [-0.05, 0) is 40.8 Å². The lowest BCUT2D eigenvalue weighted by Gasteiger charge is -2.26. The first kappa shape index (κ1) is 11.6. The first-order valence-corrected chi connectivity index (χ1v) is 7.34. The highest BCUT2D eigenvalue weighted by Crippen LogP contribution is 2.29. The van der Waals surface area contributed by atoms with Gasteiger partial charge in [-0.1, -0.05) is 19.3 Å². The molecule has 0 radical (unpaired) electrons. The van der Waals surface area contributed by atoms with Gasteiger partial charge in [-0.15, -0.1) is 11.3 Å². The molecule has 0 aromatic carbocycles. The fraction of sp³-hybridized carbons (Fsp3) is 0.667. The zero-order valence-corrected chi connectivity index (χ0v) is 11.2. The van der Waals surface area contributed by atoms with Crippen LogP contribution in [-0.2, 0) is 6.42 Å². The van der Waals surface area contributed by atoms with Gasteiger partial charge in [-0.3, -0.25) is 0 Å². The lowest BCUT2D eigenvalue weighted by molar-refractivity contribution is 0.0858. The van der Waals surface area contributed by atoms with Crippen molar-refractivity contribution in [2.45, 2.75) is 44.6 Å². The van der Waals surface area contributed by atoms with Gasteiger partial charge < -0.3 is 5.11 Å². The number of halogens is 1. The van der Waals surface area contributed by atoms with Crippen LogP contribution in [0.1, 0.15) is 37.0 Å². The van der Waals surface area contributed by atoms with Crippen LogP contribution >= 0.6 is 27.3 Å². The number of aliphatic hydroxyl groups excluding tert-OH is 1. The van der Waals surface area contributed by atoms with Crippen LogP contribution in [0.5, 0.6) is 0 Å². The first-order valence-electron chi connectivity index (χ1n) is 5.66. The van der Waals surface area contributed by atoms with Gasteiger partial charge in [0, 0.05) is 21.2 Å². The quantitative estimate of drug-likeness (QED) is 0.892. The number of aliphatic hydroxyl groups is 1. The van der Waals surface area contributed by atoms with E-state index >= 15 is 0 Å². The third-order valence-electron chi connectivity index (χ3n) is 3.23. The maximum atomic E-state index is 10.1. The van der Waals surface area contributed by atoms with Crippen molar-refractivity contribution in [3.8, 4) is 0 Å². The van der Waals surface area contributed by atoms with Gasteiger partial charge >= 0.3 is 0 Å². The van der Waals surface area contributed by atoms with Crippen molar-refractivity contribution in [2.75, 3.05) is 0 Å². The molecule has 0 aliphatic heterocycles. The Hall–Kier alpha value is 0.140. The molecule has 1 aliphatic rings. The Morgan fingerprint density at radius 2 is 2.13 bits per heavy atom. The first-order chi connectivity index (χ1) is 7.25. The third kappa shape index (κ3) is 3.30. The van der Waals surface area contributed by atoms with Crippen molar-refractivity contribution in [2.24, 2.45) is 5.92 Å². The highest BCUT2D eigenvalue weighted by Gasteiger charge is 2.22. The highest BCUT2D eigenvalue weighted by atomic mass is 79.9. The lowest BCUT2D eigenvalue weighted by Crippen LogP contribution is -2.24. The standard InChI is InChI=1S/C12H17BrOS/c13-10-6-11(15-8-10)7-12(14)9-4-2-1-3-5-9/h6,8-9,12,14H,1-5,7H2. The summed E-state index contributed by atoms with van der Waals surface area (Å²) in [6, 6.07) is 2.12. The van der Waals surface area contributed by atoms with Crippen LogP contribution < -0.4 is 0 Å². The van der Waals surface area contributed by atoms with Gasteiger partial charge in [0.05, 0.1) is 6.10 Å². The van der Waals surface area contributed by atoms with Crippen molar-refractivity contribution in [1.29, 1.82) is 0 Å². The Kier molecular flexibility index (Phi) is 4.23. The van der Waals surface area contributed by atoms with E-state index in [9.17, 15) is 5.11 Å². The Bertz CT molecular complexity index is 304. The number of rotatable bonds is 3. The van der Waals surface area contributed by atoms with Crippen LogP contribution in [0.4, 0.5) is 0 Å². The van der Waals surface area contributed by atoms with E-state index in [1.807, 2.05) is 0 Å². The lowest BCUT2D eigenvalue weighted by atomic mass is 9.84. The van der Waals surface area contributed by atoms with E-state index in [-0.39, 0.29) is 6.10 Å². The van der Waals surface area contributed by atoms with Crippen molar-refractivity contribution in [1.82, 2.24) is 0 Å². The van der Waals surface area contributed by atoms with E-state index in [0.717, 1.165) is 10.9 Å². The highest BCUT2D eigenvalue weighted by molar-refractivity contribution is 9.10. The molecule has 15 heavy (non-hydrogen) atoms. The zero-order valence-electron chi connectivity index (χ0n) is 8.79. The van der Waals surface area contributed by atoms with Crippen molar-refractivity contribution in [3.05, 3.63) is 20.8 Å². The maximum absolute atomic E-state index is 10.1. The van der Waals surface area contributed by atoms with E-state index in [0.29, 0.717) is 5.92 Å². The van der Waals surface area contributed by atoms with Gasteiger partial charge in [-0.2, -0.15) is 0 Å². The molecule has 1 unspecified atom stereocenters. The van der Waals surface area contributed by atoms with E-state index in [4.69, 9.17) is 0 Å². The predicted octanol–water partition coefficient (Wildman–Crippen LogP) is 3.99. The molecule has 1 aromatic heterocycles. The SMILES string of the molecule is OC(Cc1cc(Br)cs1)C1CCCCC1. The molecular formula is C12H17BrOS. The van der Waals surface area contributed by atoms with E-state index in [1.54, 1.807) is 11.3 Å². The summed E-state index contributed by atoms with van der Waals surface area (Å²) in [7, 11) is 0. The molecule has 84 valence electrons. The molecule has 3 heteroatoms. The molecule has 1 atom stereocenters. The summed E-state index contributed by atoms with van der Waals surface area (Å²) >= 11 is 5.18. The van der Waals surface area contributed by atoms with Crippen molar-refractivity contribution in [3.63, 3.8) is 0 Å². The second kappa shape index (κ2) is 5.46. The van der Waals surface area contributed by atoms with Gasteiger partial charge in [0.25, 0.3) is 0 Å². The molecule has 0 spiro atoms. The molecule has 0 amide bonds. The minimum Gasteiger partial charge on any atom is -0.392 e. The monoisotopic (exact) mass is 288 g/mol. The topological polar surface area (TPSA) is 20.2 Å². The molecule has 1 saturated carbocycles. The molecule has 2 rings (SSSR count). The fourth-order valence-corrected chi connectivity index (χ4v) is 3.85. The largest absolute Gasteiger partial charge is 0.392 e. The summed E-state index contributed by atoms with van der Waals surface area (Å²) in [5.74, 6) is 0.541.